The van der Waals surface area contributed by atoms with E-state index in [0.717, 1.165) is 82.0 Å². The van der Waals surface area contributed by atoms with Crippen molar-refractivity contribution in [2.45, 2.75) is 57.3 Å². The summed E-state index contributed by atoms with van der Waals surface area (Å²) in [6.45, 7) is 5.82. The van der Waals surface area contributed by atoms with Gasteiger partial charge in [-0.1, -0.05) is 12.1 Å². The van der Waals surface area contributed by atoms with E-state index in [9.17, 15) is 4.79 Å². The van der Waals surface area contributed by atoms with Crippen LogP contribution in [0.2, 0.25) is 0 Å². The van der Waals surface area contributed by atoms with Crippen molar-refractivity contribution in [2.24, 2.45) is 0 Å². The Morgan fingerprint density at radius 2 is 1.97 bits per heavy atom. The van der Waals surface area contributed by atoms with Gasteiger partial charge < -0.3 is 10.1 Å². The van der Waals surface area contributed by atoms with Gasteiger partial charge in [0.1, 0.15) is 11.4 Å². The average molecular weight is 453 g/mol. The lowest BCUT2D eigenvalue weighted by Gasteiger charge is -2.37. The van der Waals surface area contributed by atoms with Crippen LogP contribution in [0.1, 0.15) is 53.8 Å². The molecular formula is C22H30Cl2N4O2. The van der Waals surface area contributed by atoms with Crippen molar-refractivity contribution >= 4 is 30.6 Å². The summed E-state index contributed by atoms with van der Waals surface area (Å²) in [5.41, 5.74) is 2.84. The van der Waals surface area contributed by atoms with E-state index in [2.05, 4.69) is 21.0 Å². The van der Waals surface area contributed by atoms with Gasteiger partial charge in [-0.3, -0.25) is 14.4 Å². The van der Waals surface area contributed by atoms with Crippen molar-refractivity contribution in [3.63, 3.8) is 0 Å². The number of nitrogens with zero attached hydrogens (tertiary/aromatic N) is 3. The molecule has 0 amide bonds. The van der Waals surface area contributed by atoms with Gasteiger partial charge in [0.25, 0.3) is 0 Å². The fourth-order valence-electron chi connectivity index (χ4n) is 4.83. The van der Waals surface area contributed by atoms with E-state index in [4.69, 9.17) is 9.84 Å². The molecule has 1 unspecified atom stereocenters. The van der Waals surface area contributed by atoms with Crippen LogP contribution in [-0.4, -0.2) is 45.7 Å². The zero-order valence-corrected chi connectivity index (χ0v) is 18.8. The number of para-hydroxylation sites is 1. The lowest BCUT2D eigenvalue weighted by Crippen LogP contribution is -2.42. The summed E-state index contributed by atoms with van der Waals surface area (Å²) < 4.78 is 8.58. The summed E-state index contributed by atoms with van der Waals surface area (Å²) >= 11 is 0. The van der Waals surface area contributed by atoms with Gasteiger partial charge in [0.05, 0.1) is 23.4 Å². The Hall–Kier alpha value is -1.60. The first-order chi connectivity index (χ1) is 13.7. The monoisotopic (exact) mass is 452 g/mol. The largest absolute Gasteiger partial charge is 0.486 e. The maximum atomic E-state index is 12.7. The zero-order chi connectivity index (χ0) is 19.0. The topological polar surface area (TPSA) is 59.4 Å². The number of halogens is 2. The van der Waals surface area contributed by atoms with Crippen LogP contribution in [-0.2, 0) is 19.6 Å². The highest BCUT2D eigenvalue weighted by molar-refractivity contribution is 6.00. The molecule has 30 heavy (non-hydrogen) atoms. The smallest absolute Gasteiger partial charge is 0.170 e. The van der Waals surface area contributed by atoms with E-state index in [-0.39, 0.29) is 36.2 Å². The summed E-state index contributed by atoms with van der Waals surface area (Å²) in [5.74, 6) is 0.984. The predicted octanol–water partition coefficient (Wildman–Crippen LogP) is 3.61. The molecule has 1 saturated heterocycles. The summed E-state index contributed by atoms with van der Waals surface area (Å²) in [4.78, 5) is 15.1. The van der Waals surface area contributed by atoms with Crippen LogP contribution < -0.4 is 10.1 Å². The van der Waals surface area contributed by atoms with Crippen LogP contribution >= 0.6 is 24.8 Å². The van der Waals surface area contributed by atoms with Crippen LogP contribution in [0.25, 0.3) is 0 Å². The quantitative estimate of drug-likeness (QED) is 0.753. The summed E-state index contributed by atoms with van der Waals surface area (Å²) in [6.07, 6.45) is 4.51. The number of likely N-dealkylation sites (tertiary alicyclic amines) is 1. The maximum Gasteiger partial charge on any atom is 0.170 e. The molecule has 0 saturated carbocycles. The highest BCUT2D eigenvalue weighted by atomic mass is 35.5. The van der Waals surface area contributed by atoms with Gasteiger partial charge in [-0.25, -0.2) is 0 Å². The van der Waals surface area contributed by atoms with Gasteiger partial charge >= 0.3 is 0 Å². The average Bonchev–Trinajstić information content (AvgIpc) is 2.82. The molecule has 1 atom stereocenters. The predicted molar refractivity (Wildman–Crippen MR) is 121 cm³/mol. The highest BCUT2D eigenvalue weighted by Gasteiger charge is 2.41. The Balaban J connectivity index is 0.00000128. The van der Waals surface area contributed by atoms with E-state index in [1.165, 1.54) is 5.69 Å². The molecule has 6 nitrogen and oxygen atoms in total. The number of hydrogen-bond donors (Lipinski definition) is 1. The molecule has 2 aromatic rings. The Bertz CT molecular complexity index is 864. The van der Waals surface area contributed by atoms with Gasteiger partial charge in [0, 0.05) is 32.6 Å². The molecule has 5 rings (SSSR count). The number of Topliss-reactive ketones (excluding diaryl/α,β-unsaturated/α-hetero) is 1. The minimum Gasteiger partial charge on any atom is -0.486 e. The summed E-state index contributed by atoms with van der Waals surface area (Å²) in [7, 11) is 0. The minimum atomic E-state index is -0.338. The number of aryl methyl sites for hydroxylation is 1. The molecule has 3 aliphatic heterocycles. The number of ketones is 1. The Morgan fingerprint density at radius 1 is 1.10 bits per heavy atom. The summed E-state index contributed by atoms with van der Waals surface area (Å²) in [5, 5.41) is 8.29. The molecular weight excluding hydrogens is 423 g/mol. The van der Waals surface area contributed by atoms with E-state index >= 15 is 0 Å². The second-order valence-corrected chi connectivity index (χ2v) is 8.39. The molecule has 1 aromatic carbocycles. The number of carbonyl (C=O) groups is 1. The Morgan fingerprint density at radius 3 is 2.87 bits per heavy atom. The minimum absolute atomic E-state index is 0. The molecule has 0 bridgehead atoms. The second-order valence-electron chi connectivity index (χ2n) is 8.39. The van der Waals surface area contributed by atoms with E-state index in [1.54, 1.807) is 0 Å². The van der Waals surface area contributed by atoms with Crippen LogP contribution in [0.5, 0.6) is 5.75 Å². The van der Waals surface area contributed by atoms with Gasteiger partial charge in [0.15, 0.2) is 5.78 Å². The van der Waals surface area contributed by atoms with Gasteiger partial charge in [-0.15, -0.1) is 24.8 Å². The third-order valence-electron chi connectivity index (χ3n) is 6.32. The summed E-state index contributed by atoms with van der Waals surface area (Å²) in [6, 6.07) is 9.92. The molecule has 8 heteroatoms. The van der Waals surface area contributed by atoms with Gasteiger partial charge in [-0.05, 0) is 50.6 Å². The van der Waals surface area contributed by atoms with Crippen molar-refractivity contribution in [2.75, 3.05) is 19.6 Å². The standard InChI is InChI=1S/C22H28N4O2.2ClH/c27-20-14-22(28-21-6-2-1-5-19(20)21)7-3-10-25(12-8-22)16-17-13-18-15-23-9-4-11-26(18)24-17;;/h1-2,5-6,13,23H,3-4,7-12,14-16H2;2*1H. The third kappa shape index (κ3) is 4.67. The zero-order valence-electron chi connectivity index (χ0n) is 17.1. The van der Waals surface area contributed by atoms with Crippen LogP contribution in [0.4, 0.5) is 0 Å². The first kappa shape index (κ1) is 23.1. The number of benzene rings is 1. The molecule has 164 valence electrons. The normalized spacial score (nSPS) is 23.8. The van der Waals surface area contributed by atoms with E-state index < -0.39 is 0 Å². The molecule has 1 spiro atoms. The lowest BCUT2D eigenvalue weighted by molar-refractivity contribution is 0.0298. The van der Waals surface area contributed by atoms with Crippen LogP contribution in [0.15, 0.2) is 30.3 Å². The molecule has 0 radical (unpaired) electrons. The van der Waals surface area contributed by atoms with Crippen molar-refractivity contribution in [1.82, 2.24) is 20.0 Å². The fraction of sp³-hybridized carbons (Fsp3) is 0.545. The first-order valence-corrected chi connectivity index (χ1v) is 10.5. The second kappa shape index (κ2) is 9.69. The molecule has 3 aliphatic rings. The Kier molecular flexibility index (Phi) is 7.45. The molecule has 4 heterocycles. The number of fused-ring (bicyclic) bond motifs is 2. The Labute approximate surface area is 190 Å². The molecule has 0 aliphatic carbocycles. The number of carbonyl (C=O) groups excluding carboxylic acids is 1. The third-order valence-corrected chi connectivity index (χ3v) is 6.32. The van der Waals surface area contributed by atoms with Crippen molar-refractivity contribution < 1.29 is 9.53 Å². The highest BCUT2D eigenvalue weighted by Crippen LogP contribution is 2.39. The van der Waals surface area contributed by atoms with E-state index in [1.807, 2.05) is 24.3 Å². The van der Waals surface area contributed by atoms with Crippen molar-refractivity contribution in [1.29, 1.82) is 0 Å². The number of hydrogen-bond acceptors (Lipinski definition) is 5. The van der Waals surface area contributed by atoms with Crippen LogP contribution in [0, 0.1) is 0 Å². The number of rotatable bonds is 2. The first-order valence-electron chi connectivity index (χ1n) is 10.5. The molecule has 1 fully saturated rings. The fourth-order valence-corrected chi connectivity index (χ4v) is 4.83. The lowest BCUT2D eigenvalue weighted by atomic mass is 9.84. The van der Waals surface area contributed by atoms with Crippen molar-refractivity contribution in [3.05, 3.63) is 47.3 Å². The van der Waals surface area contributed by atoms with Crippen molar-refractivity contribution in [3.8, 4) is 5.75 Å². The SMILES string of the molecule is Cl.Cl.O=C1CC2(CCCN(Cc3cc4n(n3)CCCNC4)CC2)Oc2ccccc21. The van der Waals surface area contributed by atoms with Gasteiger partial charge in [0.2, 0.25) is 0 Å². The number of ether oxygens (including phenoxy) is 1. The number of nitrogens with one attached hydrogen (secondary N) is 1. The van der Waals surface area contributed by atoms with Gasteiger partial charge in [-0.2, -0.15) is 5.10 Å². The van der Waals surface area contributed by atoms with Crippen LogP contribution in [0.3, 0.4) is 0 Å². The molecule has 1 N–H and O–H groups in total. The maximum absolute atomic E-state index is 12.7. The van der Waals surface area contributed by atoms with E-state index in [0.29, 0.717) is 6.42 Å². The number of aromatic nitrogens is 2. The molecule has 1 aromatic heterocycles.